The van der Waals surface area contributed by atoms with E-state index in [1.807, 2.05) is 14.1 Å². The highest BCUT2D eigenvalue weighted by Gasteiger charge is 2.27. The summed E-state index contributed by atoms with van der Waals surface area (Å²) in [6.07, 6.45) is 0.899. The molecular weight excluding hydrogens is 198 g/mol. The van der Waals surface area contributed by atoms with Crippen LogP contribution in [0.3, 0.4) is 0 Å². The molecule has 1 N–H and O–H groups in total. The average molecular weight is 217 g/mol. The van der Waals surface area contributed by atoms with Crippen LogP contribution in [0.4, 0.5) is 5.69 Å². The number of hydrogen-bond acceptors (Lipinski definition) is 3. The van der Waals surface area contributed by atoms with Gasteiger partial charge in [-0.25, -0.2) is 0 Å². The van der Waals surface area contributed by atoms with Crippen LogP contribution >= 0.6 is 0 Å². The van der Waals surface area contributed by atoms with Gasteiger partial charge in [0, 0.05) is 32.0 Å². The van der Waals surface area contributed by atoms with Crippen molar-refractivity contribution >= 4 is 11.4 Å². The van der Waals surface area contributed by atoms with Crippen LogP contribution < -0.4 is 4.90 Å². The molecule has 3 heteroatoms. The monoisotopic (exact) mass is 217 g/mol. The summed E-state index contributed by atoms with van der Waals surface area (Å²) < 4.78 is 0. The molecule has 0 aromatic heterocycles. The van der Waals surface area contributed by atoms with Gasteiger partial charge in [0.05, 0.1) is 6.04 Å². The fraction of sp³-hybridized carbons (Fsp3) is 0.462. The van der Waals surface area contributed by atoms with Crippen LogP contribution in [0.2, 0.25) is 0 Å². The van der Waals surface area contributed by atoms with Crippen molar-refractivity contribution in [2.75, 3.05) is 32.6 Å². The van der Waals surface area contributed by atoms with E-state index in [4.69, 9.17) is 5.41 Å². The fourth-order valence-corrected chi connectivity index (χ4v) is 2.24. The third kappa shape index (κ3) is 1.95. The number of anilines is 1. The molecule has 2 rings (SSSR count). The van der Waals surface area contributed by atoms with E-state index in [0.29, 0.717) is 0 Å². The lowest BCUT2D eigenvalue weighted by atomic mass is 10.0. The third-order valence-electron chi connectivity index (χ3n) is 3.23. The second-order valence-corrected chi connectivity index (χ2v) is 4.64. The second-order valence-electron chi connectivity index (χ2n) is 4.64. The molecule has 0 spiro atoms. The van der Waals surface area contributed by atoms with Gasteiger partial charge in [0.25, 0.3) is 0 Å². The first-order valence-electron chi connectivity index (χ1n) is 5.64. The van der Waals surface area contributed by atoms with Gasteiger partial charge in [0.1, 0.15) is 0 Å². The standard InChI is InChI=1S/C13H19N3/c1-15(2)11-6-4-10(5-7-11)13-12(14)8-9-16(13)3/h4-7,13-14H,8-9H2,1-3H3. The maximum atomic E-state index is 7.96. The molecule has 0 saturated carbocycles. The van der Waals surface area contributed by atoms with Crippen molar-refractivity contribution < 1.29 is 0 Å². The normalized spacial score (nSPS) is 21.4. The van der Waals surface area contributed by atoms with Crippen LogP contribution in [0, 0.1) is 5.41 Å². The van der Waals surface area contributed by atoms with Crippen molar-refractivity contribution in [3.63, 3.8) is 0 Å². The van der Waals surface area contributed by atoms with Gasteiger partial charge in [0.2, 0.25) is 0 Å². The molecule has 1 unspecified atom stereocenters. The summed E-state index contributed by atoms with van der Waals surface area (Å²) in [6.45, 7) is 0.999. The Balaban J connectivity index is 2.24. The molecule has 16 heavy (non-hydrogen) atoms. The largest absolute Gasteiger partial charge is 0.378 e. The van der Waals surface area contributed by atoms with Gasteiger partial charge in [-0.2, -0.15) is 0 Å². The Morgan fingerprint density at radius 1 is 1.25 bits per heavy atom. The topological polar surface area (TPSA) is 30.3 Å². The van der Waals surface area contributed by atoms with Gasteiger partial charge in [-0.3, -0.25) is 4.90 Å². The first-order chi connectivity index (χ1) is 7.59. The minimum absolute atomic E-state index is 0.191. The van der Waals surface area contributed by atoms with Crippen molar-refractivity contribution in [1.29, 1.82) is 5.41 Å². The minimum atomic E-state index is 0.191. The van der Waals surface area contributed by atoms with Gasteiger partial charge >= 0.3 is 0 Å². The van der Waals surface area contributed by atoms with Crippen molar-refractivity contribution in [1.82, 2.24) is 4.90 Å². The van der Waals surface area contributed by atoms with Gasteiger partial charge in [-0.1, -0.05) is 12.1 Å². The Bertz CT molecular complexity index is 381. The highest BCUT2D eigenvalue weighted by atomic mass is 15.2. The molecule has 86 valence electrons. The average Bonchev–Trinajstić information content (AvgIpc) is 2.59. The molecule has 1 atom stereocenters. The van der Waals surface area contributed by atoms with Crippen molar-refractivity contribution in [3.05, 3.63) is 29.8 Å². The Hall–Kier alpha value is -1.35. The Labute approximate surface area is 97.2 Å². The first-order valence-corrected chi connectivity index (χ1v) is 5.64. The third-order valence-corrected chi connectivity index (χ3v) is 3.23. The van der Waals surface area contributed by atoms with Gasteiger partial charge in [-0.05, 0) is 31.2 Å². The van der Waals surface area contributed by atoms with Gasteiger partial charge < -0.3 is 10.3 Å². The minimum Gasteiger partial charge on any atom is -0.378 e. The van der Waals surface area contributed by atoms with E-state index in [0.717, 1.165) is 18.7 Å². The van der Waals surface area contributed by atoms with Crippen molar-refractivity contribution in [2.24, 2.45) is 0 Å². The van der Waals surface area contributed by atoms with Crippen LogP contribution in [0.1, 0.15) is 18.0 Å². The zero-order valence-electron chi connectivity index (χ0n) is 10.2. The van der Waals surface area contributed by atoms with Crippen LogP contribution in [0.5, 0.6) is 0 Å². The maximum absolute atomic E-state index is 7.96. The van der Waals surface area contributed by atoms with E-state index in [-0.39, 0.29) is 6.04 Å². The van der Waals surface area contributed by atoms with E-state index in [9.17, 15) is 0 Å². The molecule has 1 saturated heterocycles. The van der Waals surface area contributed by atoms with Crippen molar-refractivity contribution in [3.8, 4) is 0 Å². The summed E-state index contributed by atoms with van der Waals surface area (Å²) in [6, 6.07) is 8.70. The van der Waals surface area contributed by atoms with E-state index in [1.54, 1.807) is 0 Å². The Kier molecular flexibility index (Phi) is 2.97. The number of likely N-dealkylation sites (tertiary alicyclic amines) is 1. The van der Waals surface area contributed by atoms with Gasteiger partial charge in [-0.15, -0.1) is 0 Å². The fourth-order valence-electron chi connectivity index (χ4n) is 2.24. The van der Waals surface area contributed by atoms with Crippen LogP contribution in [0.15, 0.2) is 24.3 Å². The molecule has 0 bridgehead atoms. The Morgan fingerprint density at radius 3 is 2.31 bits per heavy atom. The summed E-state index contributed by atoms with van der Waals surface area (Å²) >= 11 is 0. The van der Waals surface area contributed by atoms with E-state index in [2.05, 4.69) is 41.1 Å². The highest BCUT2D eigenvalue weighted by Crippen LogP contribution is 2.28. The molecule has 1 aliphatic rings. The SMILES string of the molecule is CN(C)c1ccc(C2C(=N)CCN2C)cc1. The molecule has 1 fully saturated rings. The lowest BCUT2D eigenvalue weighted by molar-refractivity contribution is 0.346. The smallest absolute Gasteiger partial charge is 0.0727 e. The molecule has 0 aliphatic carbocycles. The number of hydrogen-bond donors (Lipinski definition) is 1. The molecule has 3 nitrogen and oxygen atoms in total. The first kappa shape index (κ1) is 11.1. The molecule has 0 amide bonds. The zero-order chi connectivity index (χ0) is 11.7. The molecule has 0 radical (unpaired) electrons. The lowest BCUT2D eigenvalue weighted by Gasteiger charge is -2.21. The van der Waals surface area contributed by atoms with E-state index < -0.39 is 0 Å². The maximum Gasteiger partial charge on any atom is 0.0727 e. The number of nitrogens with one attached hydrogen (secondary N) is 1. The summed E-state index contributed by atoms with van der Waals surface area (Å²) in [7, 11) is 6.17. The summed E-state index contributed by atoms with van der Waals surface area (Å²) in [5.74, 6) is 0. The summed E-state index contributed by atoms with van der Waals surface area (Å²) in [5, 5.41) is 7.96. The lowest BCUT2D eigenvalue weighted by Crippen LogP contribution is -2.20. The molecule has 1 aliphatic heterocycles. The molecular formula is C13H19N3. The Morgan fingerprint density at radius 2 is 1.88 bits per heavy atom. The summed E-state index contributed by atoms with van der Waals surface area (Å²) in [4.78, 5) is 4.33. The number of nitrogens with zero attached hydrogens (tertiary/aromatic N) is 2. The number of benzene rings is 1. The van der Waals surface area contributed by atoms with Gasteiger partial charge in [0.15, 0.2) is 0 Å². The molecule has 1 aromatic rings. The molecule has 1 aromatic carbocycles. The second kappa shape index (κ2) is 4.26. The van der Waals surface area contributed by atoms with E-state index in [1.165, 1.54) is 11.3 Å². The summed E-state index contributed by atoms with van der Waals surface area (Å²) in [5.41, 5.74) is 3.27. The zero-order valence-corrected chi connectivity index (χ0v) is 10.2. The van der Waals surface area contributed by atoms with Crippen LogP contribution in [0.25, 0.3) is 0 Å². The van der Waals surface area contributed by atoms with Crippen LogP contribution in [-0.4, -0.2) is 38.3 Å². The van der Waals surface area contributed by atoms with E-state index >= 15 is 0 Å². The van der Waals surface area contributed by atoms with Crippen molar-refractivity contribution in [2.45, 2.75) is 12.5 Å². The predicted molar refractivity (Wildman–Crippen MR) is 68.5 cm³/mol. The highest BCUT2D eigenvalue weighted by molar-refractivity contribution is 5.89. The quantitative estimate of drug-likeness (QED) is 0.822. The molecule has 1 heterocycles. The number of rotatable bonds is 2. The predicted octanol–water partition coefficient (Wildman–Crippen LogP) is 2.15. The van der Waals surface area contributed by atoms with Crippen LogP contribution in [-0.2, 0) is 0 Å².